The van der Waals surface area contributed by atoms with E-state index in [1.54, 1.807) is 0 Å². The minimum Gasteiger partial charge on any atom is -0.389 e. The lowest BCUT2D eigenvalue weighted by Gasteiger charge is -2.21. The van der Waals surface area contributed by atoms with Crippen molar-refractivity contribution in [2.75, 3.05) is 33.4 Å². The number of benzene rings is 1. The highest BCUT2D eigenvalue weighted by Crippen LogP contribution is 2.16. The molecule has 0 aliphatic carbocycles. The molecule has 0 amide bonds. The van der Waals surface area contributed by atoms with Crippen LogP contribution >= 0.6 is 11.6 Å². The van der Waals surface area contributed by atoms with E-state index in [2.05, 4.69) is 0 Å². The monoisotopic (exact) mass is 315 g/mol. The molecule has 4 nitrogen and oxygen atoms in total. The minimum atomic E-state index is -0.517. The molecular formula is C16H26ClNO3. The van der Waals surface area contributed by atoms with Gasteiger partial charge in [-0.1, -0.05) is 29.8 Å². The van der Waals surface area contributed by atoms with Crippen LogP contribution in [0.4, 0.5) is 0 Å². The molecule has 0 saturated heterocycles. The Bertz CT molecular complexity index is 401. The van der Waals surface area contributed by atoms with Crippen LogP contribution in [-0.4, -0.2) is 55.6 Å². The Hall–Kier alpha value is -0.650. The summed E-state index contributed by atoms with van der Waals surface area (Å²) in [5, 5.41) is 10.7. The summed E-state index contributed by atoms with van der Waals surface area (Å²) >= 11 is 6.12. The van der Waals surface area contributed by atoms with Gasteiger partial charge >= 0.3 is 0 Å². The van der Waals surface area contributed by atoms with E-state index in [9.17, 15) is 5.11 Å². The maximum Gasteiger partial charge on any atom is 0.0900 e. The summed E-state index contributed by atoms with van der Waals surface area (Å²) in [4.78, 5) is 2.03. The summed E-state index contributed by atoms with van der Waals surface area (Å²) in [5.74, 6) is 0. The van der Waals surface area contributed by atoms with Gasteiger partial charge in [-0.2, -0.15) is 0 Å². The van der Waals surface area contributed by atoms with Crippen molar-refractivity contribution in [3.05, 3.63) is 34.9 Å². The molecule has 1 aromatic rings. The van der Waals surface area contributed by atoms with Crippen molar-refractivity contribution in [3.8, 4) is 0 Å². The highest BCUT2D eigenvalue weighted by molar-refractivity contribution is 6.31. The van der Waals surface area contributed by atoms with Crippen molar-refractivity contribution in [1.82, 2.24) is 4.90 Å². The van der Waals surface area contributed by atoms with Gasteiger partial charge < -0.3 is 14.6 Å². The van der Waals surface area contributed by atoms with Crippen LogP contribution in [0.5, 0.6) is 0 Å². The lowest BCUT2D eigenvalue weighted by molar-refractivity contribution is -0.0174. The van der Waals surface area contributed by atoms with Crippen LogP contribution in [0.1, 0.15) is 19.4 Å². The number of halogens is 1. The molecule has 0 fully saturated rings. The summed E-state index contributed by atoms with van der Waals surface area (Å²) in [6.45, 7) is 6.58. The summed E-state index contributed by atoms with van der Waals surface area (Å²) in [6, 6.07) is 7.74. The number of aliphatic hydroxyl groups is 1. The van der Waals surface area contributed by atoms with Crippen molar-refractivity contribution in [2.24, 2.45) is 0 Å². The average Bonchev–Trinajstić information content (AvgIpc) is 2.40. The third kappa shape index (κ3) is 8.39. The SMILES string of the molecule is CC(C)OCCOC[C@@H](O)CN(C)Cc1ccccc1Cl. The fourth-order valence-electron chi connectivity index (χ4n) is 1.96. The molecule has 0 spiro atoms. The molecule has 0 unspecified atom stereocenters. The van der Waals surface area contributed by atoms with Crippen LogP contribution in [0.15, 0.2) is 24.3 Å². The zero-order valence-corrected chi connectivity index (χ0v) is 13.8. The summed E-state index contributed by atoms with van der Waals surface area (Å²) in [7, 11) is 1.95. The quantitative estimate of drug-likeness (QED) is 0.674. The van der Waals surface area contributed by atoms with E-state index in [1.165, 1.54) is 0 Å². The number of ether oxygens (including phenoxy) is 2. The second kappa shape index (κ2) is 10.1. The van der Waals surface area contributed by atoms with Gasteiger partial charge in [0.1, 0.15) is 0 Å². The molecule has 0 aliphatic heterocycles. The summed E-state index contributed by atoms with van der Waals surface area (Å²) in [5.41, 5.74) is 1.06. The van der Waals surface area contributed by atoms with Gasteiger partial charge in [-0.05, 0) is 32.5 Å². The van der Waals surface area contributed by atoms with E-state index in [-0.39, 0.29) is 6.10 Å². The Morgan fingerprint density at radius 2 is 1.95 bits per heavy atom. The second-order valence-corrected chi connectivity index (χ2v) is 5.84. The van der Waals surface area contributed by atoms with Crippen LogP contribution in [0.3, 0.4) is 0 Å². The van der Waals surface area contributed by atoms with E-state index in [0.717, 1.165) is 10.6 Å². The maximum atomic E-state index is 9.93. The largest absolute Gasteiger partial charge is 0.389 e. The average molecular weight is 316 g/mol. The first-order chi connectivity index (χ1) is 9.99. The summed E-state index contributed by atoms with van der Waals surface area (Å²) in [6.07, 6.45) is -0.309. The first kappa shape index (κ1) is 18.4. The van der Waals surface area contributed by atoms with Gasteiger partial charge in [-0.15, -0.1) is 0 Å². The number of aliphatic hydroxyl groups excluding tert-OH is 1. The molecule has 1 rings (SSSR count). The van der Waals surface area contributed by atoms with E-state index in [0.29, 0.717) is 32.9 Å². The van der Waals surface area contributed by atoms with Gasteiger partial charge in [0, 0.05) is 18.1 Å². The van der Waals surface area contributed by atoms with Crippen LogP contribution in [0, 0.1) is 0 Å². The predicted octanol–water partition coefficient (Wildman–Crippen LogP) is 2.57. The Labute approximate surface area is 132 Å². The zero-order valence-electron chi connectivity index (χ0n) is 13.1. The Morgan fingerprint density at radius 3 is 2.62 bits per heavy atom. The third-order valence-corrected chi connectivity index (χ3v) is 3.28. The molecule has 120 valence electrons. The van der Waals surface area contributed by atoms with Gasteiger partial charge in [-0.3, -0.25) is 4.90 Å². The van der Waals surface area contributed by atoms with Gasteiger partial charge in [0.15, 0.2) is 0 Å². The van der Waals surface area contributed by atoms with Crippen LogP contribution < -0.4 is 0 Å². The fourth-order valence-corrected chi connectivity index (χ4v) is 2.15. The van der Waals surface area contributed by atoms with Gasteiger partial charge in [0.25, 0.3) is 0 Å². The van der Waals surface area contributed by atoms with Crippen LogP contribution in [0.25, 0.3) is 0 Å². The molecule has 0 bridgehead atoms. The predicted molar refractivity (Wildman–Crippen MR) is 85.7 cm³/mol. The Kier molecular flexibility index (Phi) is 8.88. The lowest BCUT2D eigenvalue weighted by atomic mass is 10.2. The highest BCUT2D eigenvalue weighted by atomic mass is 35.5. The molecule has 0 aliphatic rings. The number of likely N-dealkylation sites (N-methyl/N-ethyl adjacent to an activating group) is 1. The van der Waals surface area contributed by atoms with Crippen molar-refractivity contribution >= 4 is 11.6 Å². The van der Waals surface area contributed by atoms with Crippen LogP contribution in [-0.2, 0) is 16.0 Å². The van der Waals surface area contributed by atoms with E-state index in [1.807, 2.05) is 50.1 Å². The molecule has 1 N–H and O–H groups in total. The van der Waals surface area contributed by atoms with Gasteiger partial charge in [-0.25, -0.2) is 0 Å². The fraction of sp³-hybridized carbons (Fsp3) is 0.625. The molecule has 1 atom stereocenters. The molecule has 0 saturated carbocycles. The molecule has 21 heavy (non-hydrogen) atoms. The molecule has 1 aromatic carbocycles. The Balaban J connectivity index is 2.19. The minimum absolute atomic E-state index is 0.209. The van der Waals surface area contributed by atoms with Gasteiger partial charge in [0.2, 0.25) is 0 Å². The summed E-state index contributed by atoms with van der Waals surface area (Å²) < 4.78 is 10.8. The standard InChI is InChI=1S/C16H26ClNO3/c1-13(2)21-9-8-20-12-15(19)11-18(3)10-14-6-4-5-7-16(14)17/h4-7,13,15,19H,8-12H2,1-3H3/t15-/m0/s1. The van der Waals surface area contributed by atoms with Crippen molar-refractivity contribution in [3.63, 3.8) is 0 Å². The number of rotatable bonds is 10. The van der Waals surface area contributed by atoms with E-state index in [4.69, 9.17) is 21.1 Å². The molecule has 5 heteroatoms. The maximum absolute atomic E-state index is 9.93. The molecule has 0 heterocycles. The first-order valence-corrected chi connectivity index (χ1v) is 7.66. The van der Waals surface area contributed by atoms with Crippen molar-refractivity contribution in [2.45, 2.75) is 32.6 Å². The van der Waals surface area contributed by atoms with E-state index >= 15 is 0 Å². The highest BCUT2D eigenvalue weighted by Gasteiger charge is 2.10. The molecular weight excluding hydrogens is 290 g/mol. The second-order valence-electron chi connectivity index (χ2n) is 5.44. The number of hydrogen-bond donors (Lipinski definition) is 1. The van der Waals surface area contributed by atoms with E-state index < -0.39 is 6.10 Å². The Morgan fingerprint density at radius 1 is 1.24 bits per heavy atom. The zero-order chi connectivity index (χ0) is 15.7. The van der Waals surface area contributed by atoms with Gasteiger partial charge in [0.05, 0.1) is 32.0 Å². The van der Waals surface area contributed by atoms with Crippen molar-refractivity contribution in [1.29, 1.82) is 0 Å². The third-order valence-electron chi connectivity index (χ3n) is 2.91. The molecule has 0 aromatic heterocycles. The number of hydrogen-bond acceptors (Lipinski definition) is 4. The normalized spacial score (nSPS) is 13.1. The smallest absolute Gasteiger partial charge is 0.0900 e. The molecule has 0 radical (unpaired) electrons. The number of nitrogens with zero attached hydrogens (tertiary/aromatic N) is 1. The van der Waals surface area contributed by atoms with Crippen LogP contribution in [0.2, 0.25) is 5.02 Å². The lowest BCUT2D eigenvalue weighted by Crippen LogP contribution is -2.32. The first-order valence-electron chi connectivity index (χ1n) is 7.28. The van der Waals surface area contributed by atoms with Crippen molar-refractivity contribution < 1.29 is 14.6 Å². The topological polar surface area (TPSA) is 41.9 Å².